The quantitative estimate of drug-likeness (QED) is 0.624. The van der Waals surface area contributed by atoms with Gasteiger partial charge in [-0.15, -0.1) is 0 Å². The number of nitro groups is 1. The number of nitrogens with zero attached hydrogens (tertiary/aromatic N) is 3. The van der Waals surface area contributed by atoms with Crippen LogP contribution >= 0.6 is 0 Å². The number of non-ortho nitro benzene ring substituents is 1. The summed E-state index contributed by atoms with van der Waals surface area (Å²) < 4.78 is 0. The molecular weight excluding hydrogens is 254 g/mol. The van der Waals surface area contributed by atoms with Gasteiger partial charge in [0.1, 0.15) is 0 Å². The Morgan fingerprint density at radius 2 is 1.95 bits per heavy atom. The van der Waals surface area contributed by atoms with Crippen LogP contribution in [0.2, 0.25) is 0 Å². The van der Waals surface area contributed by atoms with E-state index in [-0.39, 0.29) is 10.6 Å². The predicted octanol–water partition coefficient (Wildman–Crippen LogP) is 2.22. The standard InChI is InChI=1S/C15H21N3O2/c1-16-6-8-17(9-7-16)11-13-4-5-14(18(19)20)10-15(13)12-2-3-12/h4-5,10,12H,2-3,6-9,11H2,1H3. The molecule has 2 fully saturated rings. The molecule has 1 heterocycles. The number of rotatable bonds is 4. The fourth-order valence-corrected chi connectivity index (χ4v) is 2.86. The van der Waals surface area contributed by atoms with Crippen LogP contribution in [0.25, 0.3) is 0 Å². The van der Waals surface area contributed by atoms with E-state index in [1.165, 1.54) is 24.0 Å². The van der Waals surface area contributed by atoms with Gasteiger partial charge in [0, 0.05) is 44.9 Å². The van der Waals surface area contributed by atoms with E-state index in [9.17, 15) is 10.1 Å². The third-order valence-corrected chi connectivity index (χ3v) is 4.35. The van der Waals surface area contributed by atoms with Gasteiger partial charge in [0.2, 0.25) is 0 Å². The maximum atomic E-state index is 10.9. The van der Waals surface area contributed by atoms with Crippen LogP contribution in [0.15, 0.2) is 18.2 Å². The van der Waals surface area contributed by atoms with E-state index in [4.69, 9.17) is 0 Å². The van der Waals surface area contributed by atoms with Crippen LogP contribution in [0.5, 0.6) is 0 Å². The van der Waals surface area contributed by atoms with Crippen LogP contribution in [0, 0.1) is 10.1 Å². The van der Waals surface area contributed by atoms with Crippen molar-refractivity contribution in [1.82, 2.24) is 9.80 Å². The second-order valence-electron chi connectivity index (χ2n) is 5.99. The molecule has 1 saturated heterocycles. The summed E-state index contributed by atoms with van der Waals surface area (Å²) in [6.07, 6.45) is 2.35. The third-order valence-electron chi connectivity index (χ3n) is 4.35. The van der Waals surface area contributed by atoms with Crippen LogP contribution in [0.4, 0.5) is 5.69 Å². The van der Waals surface area contributed by atoms with Gasteiger partial charge >= 0.3 is 0 Å². The van der Waals surface area contributed by atoms with E-state index in [1.807, 2.05) is 6.07 Å². The van der Waals surface area contributed by atoms with Gasteiger partial charge in [0.05, 0.1) is 4.92 Å². The van der Waals surface area contributed by atoms with Crippen molar-refractivity contribution in [2.24, 2.45) is 0 Å². The van der Waals surface area contributed by atoms with Gasteiger partial charge in [-0.3, -0.25) is 15.0 Å². The molecule has 2 aliphatic rings. The SMILES string of the molecule is CN1CCN(Cc2ccc([N+](=O)[O-])cc2C2CC2)CC1. The molecule has 0 amide bonds. The van der Waals surface area contributed by atoms with Gasteiger partial charge in [-0.1, -0.05) is 6.07 Å². The van der Waals surface area contributed by atoms with Crippen molar-refractivity contribution in [3.63, 3.8) is 0 Å². The lowest BCUT2D eigenvalue weighted by molar-refractivity contribution is -0.384. The van der Waals surface area contributed by atoms with Gasteiger partial charge in [0.15, 0.2) is 0 Å². The summed E-state index contributed by atoms with van der Waals surface area (Å²) in [5.74, 6) is 0.553. The zero-order valence-corrected chi connectivity index (χ0v) is 11.9. The molecule has 0 N–H and O–H groups in total. The lowest BCUT2D eigenvalue weighted by Gasteiger charge is -2.32. The van der Waals surface area contributed by atoms with Crippen molar-refractivity contribution in [2.75, 3.05) is 33.2 Å². The zero-order valence-electron chi connectivity index (χ0n) is 11.9. The van der Waals surface area contributed by atoms with Crippen LogP contribution in [0.1, 0.15) is 29.9 Å². The van der Waals surface area contributed by atoms with Gasteiger partial charge in [-0.25, -0.2) is 0 Å². The Morgan fingerprint density at radius 1 is 1.25 bits per heavy atom. The molecule has 0 aromatic heterocycles. The topological polar surface area (TPSA) is 49.6 Å². The molecule has 0 bridgehead atoms. The Labute approximate surface area is 119 Å². The Hall–Kier alpha value is -1.46. The highest BCUT2D eigenvalue weighted by Gasteiger charge is 2.28. The minimum atomic E-state index is -0.286. The Morgan fingerprint density at radius 3 is 2.55 bits per heavy atom. The minimum Gasteiger partial charge on any atom is -0.304 e. The number of hydrogen-bond donors (Lipinski definition) is 0. The minimum absolute atomic E-state index is 0.231. The number of piperazine rings is 1. The molecule has 1 aromatic carbocycles. The Kier molecular flexibility index (Phi) is 3.72. The lowest BCUT2D eigenvalue weighted by atomic mass is 10.0. The summed E-state index contributed by atoms with van der Waals surface area (Å²) in [5.41, 5.74) is 2.72. The molecule has 1 aromatic rings. The van der Waals surface area contributed by atoms with Gasteiger partial charge in [0.25, 0.3) is 5.69 Å². The first kappa shape index (κ1) is 13.5. The average Bonchev–Trinajstić information content (AvgIpc) is 3.26. The van der Waals surface area contributed by atoms with E-state index >= 15 is 0 Å². The van der Waals surface area contributed by atoms with Crippen molar-refractivity contribution in [2.45, 2.75) is 25.3 Å². The predicted molar refractivity (Wildman–Crippen MR) is 77.8 cm³/mol. The number of likely N-dealkylation sites (N-methyl/N-ethyl adjacent to an activating group) is 1. The molecular formula is C15H21N3O2. The maximum absolute atomic E-state index is 10.9. The van der Waals surface area contributed by atoms with E-state index in [2.05, 4.69) is 16.8 Å². The molecule has 20 heavy (non-hydrogen) atoms. The maximum Gasteiger partial charge on any atom is 0.269 e. The first-order chi connectivity index (χ1) is 9.63. The fraction of sp³-hybridized carbons (Fsp3) is 0.600. The Balaban J connectivity index is 1.76. The molecule has 1 aliphatic heterocycles. The molecule has 5 heteroatoms. The highest BCUT2D eigenvalue weighted by atomic mass is 16.6. The summed E-state index contributed by atoms with van der Waals surface area (Å²) >= 11 is 0. The van der Waals surface area contributed by atoms with Crippen LogP contribution in [0.3, 0.4) is 0 Å². The molecule has 1 saturated carbocycles. The first-order valence-electron chi connectivity index (χ1n) is 7.31. The average molecular weight is 275 g/mol. The summed E-state index contributed by atoms with van der Waals surface area (Å²) in [6, 6.07) is 5.41. The second kappa shape index (κ2) is 5.50. The smallest absolute Gasteiger partial charge is 0.269 e. The largest absolute Gasteiger partial charge is 0.304 e. The highest BCUT2D eigenvalue weighted by molar-refractivity contribution is 5.43. The van der Waals surface area contributed by atoms with E-state index in [1.54, 1.807) is 12.1 Å². The Bertz CT molecular complexity index is 506. The van der Waals surface area contributed by atoms with Crippen LogP contribution < -0.4 is 0 Å². The summed E-state index contributed by atoms with van der Waals surface area (Å²) in [7, 11) is 2.15. The van der Waals surface area contributed by atoms with E-state index in [0.717, 1.165) is 32.7 Å². The van der Waals surface area contributed by atoms with Crippen molar-refractivity contribution in [1.29, 1.82) is 0 Å². The monoisotopic (exact) mass is 275 g/mol. The fourth-order valence-electron chi connectivity index (χ4n) is 2.86. The van der Waals surface area contributed by atoms with Crippen molar-refractivity contribution >= 4 is 5.69 Å². The van der Waals surface area contributed by atoms with Gasteiger partial charge in [-0.2, -0.15) is 0 Å². The van der Waals surface area contributed by atoms with Crippen molar-refractivity contribution < 1.29 is 4.92 Å². The third kappa shape index (κ3) is 2.99. The second-order valence-corrected chi connectivity index (χ2v) is 5.99. The molecule has 108 valence electrons. The molecule has 1 aliphatic carbocycles. The van der Waals surface area contributed by atoms with Crippen molar-refractivity contribution in [3.05, 3.63) is 39.4 Å². The van der Waals surface area contributed by atoms with Crippen molar-refractivity contribution in [3.8, 4) is 0 Å². The van der Waals surface area contributed by atoms with E-state index in [0.29, 0.717) is 5.92 Å². The summed E-state index contributed by atoms with van der Waals surface area (Å²) in [4.78, 5) is 15.4. The first-order valence-corrected chi connectivity index (χ1v) is 7.31. The molecule has 3 rings (SSSR count). The molecule has 0 spiro atoms. The van der Waals surface area contributed by atoms with Crippen LogP contribution in [-0.4, -0.2) is 47.9 Å². The molecule has 0 radical (unpaired) electrons. The summed E-state index contributed by atoms with van der Waals surface area (Å²) in [5, 5.41) is 10.9. The number of benzene rings is 1. The normalized spacial score (nSPS) is 21.1. The highest BCUT2D eigenvalue weighted by Crippen LogP contribution is 2.43. The molecule has 5 nitrogen and oxygen atoms in total. The molecule has 0 atom stereocenters. The molecule has 0 unspecified atom stereocenters. The van der Waals surface area contributed by atoms with Gasteiger partial charge < -0.3 is 4.90 Å². The lowest BCUT2D eigenvalue weighted by Crippen LogP contribution is -2.44. The van der Waals surface area contributed by atoms with Gasteiger partial charge in [-0.05, 0) is 36.9 Å². The van der Waals surface area contributed by atoms with E-state index < -0.39 is 0 Å². The zero-order chi connectivity index (χ0) is 14.1. The number of hydrogen-bond acceptors (Lipinski definition) is 4. The number of nitro benzene ring substituents is 1. The summed E-state index contributed by atoms with van der Waals surface area (Å²) in [6.45, 7) is 5.30. The van der Waals surface area contributed by atoms with Crippen LogP contribution in [-0.2, 0) is 6.54 Å².